The highest BCUT2D eigenvalue weighted by Gasteiger charge is 2.28. The Kier molecular flexibility index (Phi) is 9.95. The molecule has 1 saturated heterocycles. The van der Waals surface area contributed by atoms with Crippen LogP contribution < -0.4 is 10.1 Å². The standard InChI is InChI=1S/C30H33NO7/c32-24(18-22-19-26(20-27(22)33)38-29-12-6-7-17-36-29)10-4-5-11-28(34)37-25-15-13-23(14-16-25)31-30(35)21-8-2-1-3-9-21/h1-3,8-9,13-16,19,26,29H,4-7,10-12,17-18,20H2,(H,31,35). The second kappa shape index (κ2) is 13.8. The molecule has 1 fully saturated rings. The van der Waals surface area contributed by atoms with E-state index in [4.69, 9.17) is 14.2 Å². The van der Waals surface area contributed by atoms with Crippen LogP contribution in [0.1, 0.15) is 68.1 Å². The molecule has 0 radical (unpaired) electrons. The third-order valence-corrected chi connectivity index (χ3v) is 6.45. The average Bonchev–Trinajstić information content (AvgIpc) is 3.26. The van der Waals surface area contributed by atoms with Crippen molar-refractivity contribution in [2.45, 2.75) is 70.2 Å². The average molecular weight is 520 g/mol. The van der Waals surface area contributed by atoms with Crippen LogP contribution in [0.2, 0.25) is 0 Å². The number of rotatable bonds is 12. The predicted molar refractivity (Wildman–Crippen MR) is 141 cm³/mol. The summed E-state index contributed by atoms with van der Waals surface area (Å²) in [6.45, 7) is 0.676. The Morgan fingerprint density at radius 3 is 2.45 bits per heavy atom. The normalized spacial score (nSPS) is 19.1. The molecule has 2 aromatic carbocycles. The number of esters is 1. The summed E-state index contributed by atoms with van der Waals surface area (Å²) in [4.78, 5) is 49.0. The predicted octanol–water partition coefficient (Wildman–Crippen LogP) is 5.17. The van der Waals surface area contributed by atoms with Gasteiger partial charge in [0.05, 0.1) is 6.10 Å². The van der Waals surface area contributed by atoms with E-state index in [1.54, 1.807) is 54.6 Å². The number of unbranched alkanes of at least 4 members (excludes halogenated alkanes) is 1. The van der Waals surface area contributed by atoms with E-state index in [-0.39, 0.29) is 49.1 Å². The lowest BCUT2D eigenvalue weighted by molar-refractivity contribution is -0.178. The van der Waals surface area contributed by atoms with Crippen LogP contribution in [0.3, 0.4) is 0 Å². The fourth-order valence-corrected chi connectivity index (χ4v) is 4.42. The Labute approximate surface area is 222 Å². The fraction of sp³-hybridized carbons (Fsp3) is 0.400. The van der Waals surface area contributed by atoms with Gasteiger partial charge in [0.2, 0.25) is 0 Å². The van der Waals surface area contributed by atoms with Gasteiger partial charge in [-0.3, -0.25) is 19.2 Å². The number of ketones is 2. The van der Waals surface area contributed by atoms with Crippen molar-refractivity contribution in [1.82, 2.24) is 0 Å². The van der Waals surface area contributed by atoms with Gasteiger partial charge in [-0.1, -0.05) is 18.2 Å². The summed E-state index contributed by atoms with van der Waals surface area (Å²) < 4.78 is 16.8. The van der Waals surface area contributed by atoms with Crippen LogP contribution in [0.25, 0.3) is 0 Å². The van der Waals surface area contributed by atoms with Crippen LogP contribution in [0, 0.1) is 0 Å². The number of ether oxygens (including phenoxy) is 3. The molecular weight excluding hydrogens is 486 g/mol. The van der Waals surface area contributed by atoms with E-state index in [1.807, 2.05) is 6.07 Å². The molecule has 0 saturated carbocycles. The molecule has 0 spiro atoms. The third kappa shape index (κ3) is 8.46. The van der Waals surface area contributed by atoms with E-state index in [0.29, 0.717) is 48.4 Å². The van der Waals surface area contributed by atoms with E-state index >= 15 is 0 Å². The zero-order chi connectivity index (χ0) is 26.7. The molecular formula is C30H33NO7. The van der Waals surface area contributed by atoms with E-state index < -0.39 is 5.97 Å². The van der Waals surface area contributed by atoms with Crippen LogP contribution >= 0.6 is 0 Å². The van der Waals surface area contributed by atoms with Gasteiger partial charge in [-0.25, -0.2) is 0 Å². The van der Waals surface area contributed by atoms with Crippen molar-refractivity contribution in [1.29, 1.82) is 0 Å². The van der Waals surface area contributed by atoms with Gasteiger partial charge in [-0.2, -0.15) is 0 Å². The lowest BCUT2D eigenvalue weighted by Crippen LogP contribution is -2.26. The molecule has 2 aliphatic rings. The summed E-state index contributed by atoms with van der Waals surface area (Å²) in [6.07, 6.45) is 5.95. The fourth-order valence-electron chi connectivity index (χ4n) is 4.42. The number of carbonyl (C=O) groups is 4. The topological polar surface area (TPSA) is 108 Å². The number of allylic oxidation sites excluding steroid dienone is 1. The van der Waals surface area contributed by atoms with E-state index in [2.05, 4.69) is 5.32 Å². The molecule has 2 atom stereocenters. The first-order chi connectivity index (χ1) is 18.5. The van der Waals surface area contributed by atoms with E-state index in [9.17, 15) is 19.2 Å². The molecule has 200 valence electrons. The van der Waals surface area contributed by atoms with Gasteiger partial charge in [-0.15, -0.1) is 0 Å². The molecule has 38 heavy (non-hydrogen) atoms. The van der Waals surface area contributed by atoms with E-state index in [0.717, 1.165) is 19.3 Å². The summed E-state index contributed by atoms with van der Waals surface area (Å²) in [5.41, 5.74) is 1.66. The van der Waals surface area contributed by atoms with Gasteiger partial charge in [0.15, 0.2) is 12.1 Å². The van der Waals surface area contributed by atoms with Crippen molar-refractivity contribution >= 4 is 29.1 Å². The zero-order valence-electron chi connectivity index (χ0n) is 21.4. The largest absolute Gasteiger partial charge is 0.427 e. The van der Waals surface area contributed by atoms with Crippen molar-refractivity contribution in [2.24, 2.45) is 0 Å². The van der Waals surface area contributed by atoms with Crippen molar-refractivity contribution in [2.75, 3.05) is 11.9 Å². The third-order valence-electron chi connectivity index (χ3n) is 6.45. The minimum atomic E-state index is -0.392. The molecule has 8 nitrogen and oxygen atoms in total. The Morgan fingerprint density at radius 1 is 0.947 bits per heavy atom. The van der Waals surface area contributed by atoms with Crippen LogP contribution in [0.5, 0.6) is 5.75 Å². The Hall–Kier alpha value is -3.62. The Bertz CT molecular complexity index is 1150. The first kappa shape index (κ1) is 27.4. The van der Waals surface area contributed by atoms with Crippen LogP contribution in [-0.4, -0.2) is 42.4 Å². The van der Waals surface area contributed by atoms with E-state index in [1.165, 1.54) is 0 Å². The summed E-state index contributed by atoms with van der Waals surface area (Å²) in [6, 6.07) is 15.4. The monoisotopic (exact) mass is 519 g/mol. The van der Waals surface area contributed by atoms with Crippen molar-refractivity contribution in [3.63, 3.8) is 0 Å². The maximum Gasteiger partial charge on any atom is 0.311 e. The smallest absolute Gasteiger partial charge is 0.311 e. The molecule has 2 unspecified atom stereocenters. The minimum absolute atomic E-state index is 0.0272. The van der Waals surface area contributed by atoms with Crippen LogP contribution in [-0.2, 0) is 23.9 Å². The second-order valence-electron chi connectivity index (χ2n) is 9.53. The summed E-state index contributed by atoms with van der Waals surface area (Å²) in [5.74, 6) is -0.308. The Morgan fingerprint density at radius 2 is 1.71 bits per heavy atom. The highest BCUT2D eigenvalue weighted by atomic mass is 16.7. The number of hydrogen-bond donors (Lipinski definition) is 1. The number of Topliss-reactive ketones (excluding diaryl/α,β-unsaturated/α-hetero) is 2. The lowest BCUT2D eigenvalue weighted by Gasteiger charge is -2.24. The van der Waals surface area contributed by atoms with Gasteiger partial charge >= 0.3 is 5.97 Å². The highest BCUT2D eigenvalue weighted by Crippen LogP contribution is 2.25. The first-order valence-electron chi connectivity index (χ1n) is 13.2. The number of nitrogens with one attached hydrogen (secondary N) is 1. The molecule has 0 aromatic heterocycles. The van der Waals surface area contributed by atoms with Crippen LogP contribution in [0.15, 0.2) is 66.2 Å². The molecule has 0 bridgehead atoms. The number of benzene rings is 2. The Balaban J connectivity index is 1.12. The first-order valence-corrected chi connectivity index (χ1v) is 13.2. The molecule has 8 heteroatoms. The van der Waals surface area contributed by atoms with Crippen molar-refractivity contribution < 1.29 is 33.4 Å². The molecule has 1 N–H and O–H groups in total. The van der Waals surface area contributed by atoms with Crippen molar-refractivity contribution in [3.05, 3.63) is 71.8 Å². The summed E-state index contributed by atoms with van der Waals surface area (Å²) in [5, 5.41) is 2.79. The SMILES string of the molecule is O=C(CCCCC(=O)Oc1ccc(NC(=O)c2ccccc2)cc1)CC1=CC(OC2CCCCO2)CC1=O. The van der Waals surface area contributed by atoms with Gasteiger partial charge < -0.3 is 19.5 Å². The highest BCUT2D eigenvalue weighted by molar-refractivity contribution is 6.04. The molecule has 4 rings (SSSR count). The summed E-state index contributed by atoms with van der Waals surface area (Å²) >= 11 is 0. The molecule has 1 aliphatic heterocycles. The van der Waals surface area contributed by atoms with Crippen LogP contribution in [0.4, 0.5) is 5.69 Å². The molecule has 1 heterocycles. The van der Waals surface area contributed by atoms with Gasteiger partial charge in [0, 0.05) is 49.1 Å². The summed E-state index contributed by atoms with van der Waals surface area (Å²) in [7, 11) is 0. The quantitative estimate of drug-likeness (QED) is 0.234. The maximum atomic E-state index is 12.4. The minimum Gasteiger partial charge on any atom is -0.427 e. The van der Waals surface area contributed by atoms with Gasteiger partial charge in [-0.05, 0) is 74.6 Å². The number of hydrogen-bond acceptors (Lipinski definition) is 7. The maximum absolute atomic E-state index is 12.4. The molecule has 2 aromatic rings. The van der Waals surface area contributed by atoms with Gasteiger partial charge in [0.25, 0.3) is 5.91 Å². The van der Waals surface area contributed by atoms with Crippen molar-refractivity contribution in [3.8, 4) is 5.75 Å². The lowest BCUT2D eigenvalue weighted by atomic mass is 10.0. The number of carbonyl (C=O) groups excluding carboxylic acids is 4. The number of amides is 1. The second-order valence-corrected chi connectivity index (χ2v) is 9.53. The molecule has 1 aliphatic carbocycles. The zero-order valence-corrected chi connectivity index (χ0v) is 21.4. The molecule has 1 amide bonds. The number of anilines is 1. The van der Waals surface area contributed by atoms with Gasteiger partial charge in [0.1, 0.15) is 11.5 Å².